The van der Waals surface area contributed by atoms with E-state index in [4.69, 9.17) is 0 Å². The van der Waals surface area contributed by atoms with Gasteiger partial charge in [-0.15, -0.1) is 4.91 Å². The summed E-state index contributed by atoms with van der Waals surface area (Å²) in [5, 5.41) is 2.57. The Morgan fingerprint density at radius 3 is 2.70 bits per heavy atom. The molecule has 0 fully saturated rings. The van der Waals surface area contributed by atoms with Crippen LogP contribution in [-0.2, 0) is 0 Å². The fraction of sp³-hybridized carbons (Fsp3) is 1.00. The highest BCUT2D eigenvalue weighted by Gasteiger charge is 1.98. The highest BCUT2D eigenvalue weighted by molar-refractivity contribution is 4.52. The van der Waals surface area contributed by atoms with Crippen molar-refractivity contribution in [1.82, 2.24) is 5.43 Å². The molecule has 0 amide bonds. The van der Waals surface area contributed by atoms with Crippen LogP contribution >= 0.6 is 0 Å². The molecule has 0 aromatic carbocycles. The van der Waals surface area contributed by atoms with Gasteiger partial charge in [-0.05, 0) is 12.3 Å². The molecule has 0 spiro atoms. The first-order chi connectivity index (χ1) is 4.81. The van der Waals surface area contributed by atoms with Crippen molar-refractivity contribution in [1.29, 1.82) is 0 Å². The summed E-state index contributed by atoms with van der Waals surface area (Å²) in [5.41, 5.74) is 2.41. The molecule has 0 aliphatic rings. The lowest BCUT2D eigenvalue weighted by atomic mass is 10.0. The van der Waals surface area contributed by atoms with Gasteiger partial charge in [-0.2, -0.15) is 0 Å². The van der Waals surface area contributed by atoms with E-state index in [1.807, 2.05) is 0 Å². The number of nitrogens with zero attached hydrogens (tertiary/aromatic N) is 1. The Hall–Kier alpha value is -0.600. The Morgan fingerprint density at radius 2 is 2.20 bits per heavy atom. The van der Waals surface area contributed by atoms with Gasteiger partial charge in [0, 0.05) is 11.8 Å². The topological polar surface area (TPSA) is 41.5 Å². The summed E-state index contributed by atoms with van der Waals surface area (Å²) in [4.78, 5) is 9.58. The van der Waals surface area contributed by atoms with Crippen LogP contribution in [0.5, 0.6) is 0 Å². The third-order valence-electron chi connectivity index (χ3n) is 1.59. The quantitative estimate of drug-likeness (QED) is 0.352. The van der Waals surface area contributed by atoms with Crippen molar-refractivity contribution in [2.75, 3.05) is 6.54 Å². The van der Waals surface area contributed by atoms with Crippen molar-refractivity contribution in [2.24, 2.45) is 11.2 Å². The second-order valence-corrected chi connectivity index (χ2v) is 2.68. The Balaban J connectivity index is 3.04. The molecule has 1 atom stereocenters. The minimum absolute atomic E-state index is 0.708. The maximum Gasteiger partial charge on any atom is 0.0496 e. The summed E-state index contributed by atoms with van der Waals surface area (Å²) in [7, 11) is 0. The molecule has 1 N–H and O–H groups in total. The molecule has 0 aromatic rings. The van der Waals surface area contributed by atoms with Gasteiger partial charge in [-0.3, -0.25) is 5.43 Å². The van der Waals surface area contributed by atoms with Crippen molar-refractivity contribution in [2.45, 2.75) is 33.1 Å². The highest BCUT2D eigenvalue weighted by atomic mass is 16.3. The molecule has 0 aliphatic carbocycles. The fourth-order valence-electron chi connectivity index (χ4n) is 0.994. The molecule has 0 aromatic heterocycles. The summed E-state index contributed by atoms with van der Waals surface area (Å²) in [6.07, 6.45) is 3.50. The van der Waals surface area contributed by atoms with Crippen molar-refractivity contribution in [3.63, 3.8) is 0 Å². The average Bonchev–Trinajstić information content (AvgIpc) is 1.89. The molecule has 10 heavy (non-hydrogen) atoms. The Labute approximate surface area is 62.1 Å². The van der Waals surface area contributed by atoms with Crippen LogP contribution in [0.25, 0.3) is 0 Å². The second-order valence-electron chi connectivity index (χ2n) is 2.68. The lowest BCUT2D eigenvalue weighted by molar-refractivity contribution is 0.469. The summed E-state index contributed by atoms with van der Waals surface area (Å²) in [6, 6.07) is 0. The van der Waals surface area contributed by atoms with Crippen LogP contribution in [0.3, 0.4) is 0 Å². The summed E-state index contributed by atoms with van der Waals surface area (Å²) in [5.74, 6) is 0.708. The molecular formula is C7H16N2O. The maximum absolute atomic E-state index is 9.58. The van der Waals surface area contributed by atoms with E-state index in [2.05, 4.69) is 24.6 Å². The number of nitroso groups, excluding NO2 is 1. The smallest absolute Gasteiger partial charge is 0.0496 e. The predicted molar refractivity (Wildman–Crippen MR) is 42.5 cm³/mol. The van der Waals surface area contributed by atoms with Gasteiger partial charge in [-0.25, -0.2) is 0 Å². The molecule has 0 heterocycles. The number of hydrogen-bond donors (Lipinski definition) is 1. The molecule has 0 rings (SSSR count). The molecule has 0 bridgehead atoms. The lowest BCUT2D eigenvalue weighted by Gasteiger charge is -2.07. The van der Waals surface area contributed by atoms with Crippen LogP contribution in [0, 0.1) is 10.8 Å². The molecule has 60 valence electrons. The van der Waals surface area contributed by atoms with Crippen molar-refractivity contribution >= 4 is 0 Å². The second kappa shape index (κ2) is 6.52. The molecule has 0 aliphatic heterocycles. The molecule has 0 radical (unpaired) electrons. The zero-order chi connectivity index (χ0) is 7.82. The van der Waals surface area contributed by atoms with Crippen LogP contribution in [-0.4, -0.2) is 6.54 Å². The monoisotopic (exact) mass is 144 g/mol. The Kier molecular flexibility index (Phi) is 6.13. The van der Waals surface area contributed by atoms with E-state index in [0.717, 1.165) is 6.42 Å². The summed E-state index contributed by atoms with van der Waals surface area (Å²) >= 11 is 0. The molecule has 0 unspecified atom stereocenters. The van der Waals surface area contributed by atoms with Crippen LogP contribution in [0.1, 0.15) is 33.1 Å². The van der Waals surface area contributed by atoms with E-state index in [1.54, 1.807) is 0 Å². The number of hydrogen-bond acceptors (Lipinski definition) is 2. The van der Waals surface area contributed by atoms with E-state index in [0.29, 0.717) is 12.5 Å². The number of nitrogens with one attached hydrogen (secondary N) is 1. The number of rotatable bonds is 6. The zero-order valence-electron chi connectivity index (χ0n) is 6.76. The van der Waals surface area contributed by atoms with Gasteiger partial charge < -0.3 is 0 Å². The van der Waals surface area contributed by atoms with Crippen LogP contribution in [0.4, 0.5) is 0 Å². The van der Waals surface area contributed by atoms with Gasteiger partial charge in [0.1, 0.15) is 0 Å². The average molecular weight is 144 g/mol. The lowest BCUT2D eigenvalue weighted by Crippen LogP contribution is -2.09. The van der Waals surface area contributed by atoms with Crippen LogP contribution < -0.4 is 5.43 Å². The van der Waals surface area contributed by atoms with Crippen molar-refractivity contribution in [3.8, 4) is 0 Å². The Bertz CT molecular complexity index is 85.7. The van der Waals surface area contributed by atoms with E-state index in [-0.39, 0.29) is 0 Å². The largest absolute Gasteiger partial charge is 0.274 e. The minimum atomic E-state index is 0.708. The summed E-state index contributed by atoms with van der Waals surface area (Å²) < 4.78 is 0. The van der Waals surface area contributed by atoms with E-state index in [9.17, 15) is 4.91 Å². The molecule has 3 nitrogen and oxygen atoms in total. The maximum atomic E-state index is 9.58. The molecule has 0 saturated heterocycles. The van der Waals surface area contributed by atoms with Gasteiger partial charge in [-0.1, -0.05) is 26.7 Å². The first-order valence-corrected chi connectivity index (χ1v) is 3.86. The standard InChI is InChI=1S/C7H16N2O/c1-3-4-7(2)5-6-8-9-10/h7H,3-6H2,1-2H3,(H,8,10)/t7-/m1/s1. The summed E-state index contributed by atoms with van der Waals surface area (Å²) in [6.45, 7) is 5.07. The van der Waals surface area contributed by atoms with Gasteiger partial charge in [0.2, 0.25) is 0 Å². The fourth-order valence-corrected chi connectivity index (χ4v) is 0.994. The normalized spacial score (nSPS) is 12.6. The third kappa shape index (κ3) is 5.54. The van der Waals surface area contributed by atoms with E-state index < -0.39 is 0 Å². The first-order valence-electron chi connectivity index (χ1n) is 3.86. The van der Waals surface area contributed by atoms with Crippen molar-refractivity contribution in [3.05, 3.63) is 4.91 Å². The molecule has 0 saturated carbocycles. The van der Waals surface area contributed by atoms with E-state index >= 15 is 0 Å². The van der Waals surface area contributed by atoms with Crippen molar-refractivity contribution < 1.29 is 0 Å². The third-order valence-corrected chi connectivity index (χ3v) is 1.59. The van der Waals surface area contributed by atoms with Gasteiger partial charge in [0.15, 0.2) is 0 Å². The van der Waals surface area contributed by atoms with Gasteiger partial charge >= 0.3 is 0 Å². The first kappa shape index (κ1) is 9.40. The molecule has 3 heteroatoms. The minimum Gasteiger partial charge on any atom is -0.274 e. The van der Waals surface area contributed by atoms with Gasteiger partial charge in [0.25, 0.3) is 0 Å². The SMILES string of the molecule is CCC[C@@H](C)CCNN=O. The van der Waals surface area contributed by atoms with Crippen LogP contribution in [0.2, 0.25) is 0 Å². The Morgan fingerprint density at radius 1 is 1.50 bits per heavy atom. The predicted octanol–water partition coefficient (Wildman–Crippen LogP) is 2.08. The molecular weight excluding hydrogens is 128 g/mol. The zero-order valence-corrected chi connectivity index (χ0v) is 6.76. The van der Waals surface area contributed by atoms with Gasteiger partial charge in [0.05, 0.1) is 0 Å². The highest BCUT2D eigenvalue weighted by Crippen LogP contribution is 2.07. The van der Waals surface area contributed by atoms with Crippen LogP contribution in [0.15, 0.2) is 5.29 Å². The van der Waals surface area contributed by atoms with E-state index in [1.165, 1.54) is 12.8 Å².